The molecular weight excluding hydrogens is 830 g/mol. The minimum Gasteiger partial charge on any atom is -0.503 e. The second kappa shape index (κ2) is 17.9. The first-order valence-corrected chi connectivity index (χ1v) is 21.9. The van der Waals surface area contributed by atoms with Gasteiger partial charge in [0.15, 0.2) is 17.4 Å². The Morgan fingerprint density at radius 2 is 1.56 bits per heavy atom. The minimum absolute atomic E-state index is 0.0613. The van der Waals surface area contributed by atoms with Crippen molar-refractivity contribution in [2.45, 2.75) is 64.0 Å². The summed E-state index contributed by atoms with van der Waals surface area (Å²) in [5.74, 6) is -6.71. The summed E-state index contributed by atoms with van der Waals surface area (Å²) in [6, 6.07) is 12.1. The summed E-state index contributed by atoms with van der Waals surface area (Å²) in [4.78, 5) is 67.8. The number of carbonyl (C=O) groups excluding carboxylic acids is 4. The number of hydrogen-bond acceptors (Lipinski definition) is 10. The van der Waals surface area contributed by atoms with E-state index in [2.05, 4.69) is 20.4 Å². The van der Waals surface area contributed by atoms with Crippen LogP contribution < -0.4 is 20.4 Å². The van der Waals surface area contributed by atoms with Crippen LogP contribution in [0.2, 0.25) is 0 Å². The average molecular weight is 879 g/mol. The van der Waals surface area contributed by atoms with E-state index in [4.69, 9.17) is 15.1 Å². The number of anilines is 2. The van der Waals surface area contributed by atoms with E-state index in [1.807, 2.05) is 59.4 Å². The molecule has 3 N–H and O–H groups in total. The lowest BCUT2D eigenvalue weighted by atomic mass is 9.86. The highest BCUT2D eigenvalue weighted by molar-refractivity contribution is 6.06. The Morgan fingerprint density at radius 1 is 0.828 bits per heavy atom. The number of hydrogen-bond donors (Lipinski definition) is 3. The van der Waals surface area contributed by atoms with Gasteiger partial charge in [-0.2, -0.15) is 9.49 Å². The molecular formula is C46H49F3N10O5. The van der Waals surface area contributed by atoms with Crippen LogP contribution in [0.5, 0.6) is 5.75 Å². The lowest BCUT2D eigenvalue weighted by molar-refractivity contribution is -0.120. The van der Waals surface area contributed by atoms with Gasteiger partial charge >= 0.3 is 6.03 Å². The van der Waals surface area contributed by atoms with Crippen LogP contribution in [0.1, 0.15) is 77.3 Å². The Balaban J connectivity index is 0.734. The van der Waals surface area contributed by atoms with Crippen molar-refractivity contribution in [3.63, 3.8) is 0 Å². The maximum Gasteiger partial charge on any atom is 0.328 e. The van der Waals surface area contributed by atoms with Crippen LogP contribution in [0.25, 0.3) is 22.0 Å². The molecule has 5 aromatic rings. The van der Waals surface area contributed by atoms with Crippen LogP contribution in [0.4, 0.5) is 29.6 Å². The number of benzene rings is 3. The highest BCUT2D eigenvalue weighted by Crippen LogP contribution is 2.34. The summed E-state index contributed by atoms with van der Waals surface area (Å²) in [5, 5.41) is 20.1. The van der Waals surface area contributed by atoms with Crippen molar-refractivity contribution >= 4 is 46.3 Å². The van der Waals surface area contributed by atoms with E-state index < -0.39 is 40.7 Å². The van der Waals surface area contributed by atoms with Crippen molar-refractivity contribution in [1.82, 2.24) is 40.2 Å². The molecule has 0 spiro atoms. The molecule has 5 amide bonds. The third kappa shape index (κ3) is 8.70. The fourth-order valence-corrected chi connectivity index (χ4v) is 9.46. The van der Waals surface area contributed by atoms with Crippen LogP contribution in [0.3, 0.4) is 0 Å². The monoisotopic (exact) mass is 878 g/mol. The zero-order valence-electron chi connectivity index (χ0n) is 35.4. The van der Waals surface area contributed by atoms with Crippen LogP contribution >= 0.6 is 0 Å². The van der Waals surface area contributed by atoms with Crippen molar-refractivity contribution < 1.29 is 37.5 Å². The summed E-state index contributed by atoms with van der Waals surface area (Å²) in [6.45, 7) is 6.85. The molecule has 3 saturated heterocycles. The SMILES string of the molecule is Cc1ccc(C(=O)N2CCN(C3CCN(c4ncc(-c5ccc6cn(C7CCC(CNC(=O)c8cc(F)c(O)c(F)c8F)CC7)nc6c5)cn4)CC3)CC2)cc1N1CCC(=O)NC1=O. The van der Waals surface area contributed by atoms with E-state index in [0.717, 1.165) is 92.3 Å². The number of carbonyl (C=O) groups is 4. The number of fused-ring (bicyclic) bond motifs is 1. The number of nitrogens with zero attached hydrogens (tertiary/aromatic N) is 8. The van der Waals surface area contributed by atoms with Gasteiger partial charge < -0.3 is 20.2 Å². The molecule has 18 heteroatoms. The van der Waals surface area contributed by atoms with E-state index in [1.165, 1.54) is 4.90 Å². The van der Waals surface area contributed by atoms with Crippen molar-refractivity contribution in [1.29, 1.82) is 0 Å². The first kappa shape index (κ1) is 42.7. The fraction of sp³-hybridized carbons (Fsp3) is 0.413. The molecule has 1 aliphatic carbocycles. The molecule has 1 saturated carbocycles. The largest absolute Gasteiger partial charge is 0.503 e. The third-order valence-electron chi connectivity index (χ3n) is 13.3. The van der Waals surface area contributed by atoms with Gasteiger partial charge in [0.25, 0.3) is 11.8 Å². The zero-order chi connectivity index (χ0) is 44.6. The molecule has 0 atom stereocenters. The van der Waals surface area contributed by atoms with Gasteiger partial charge in [0.2, 0.25) is 17.7 Å². The number of phenols is 1. The highest BCUT2D eigenvalue weighted by Gasteiger charge is 2.32. The smallest absolute Gasteiger partial charge is 0.328 e. The molecule has 15 nitrogen and oxygen atoms in total. The molecule has 0 unspecified atom stereocenters. The van der Waals surface area contributed by atoms with E-state index in [1.54, 1.807) is 12.1 Å². The maximum atomic E-state index is 14.2. The van der Waals surface area contributed by atoms with Gasteiger partial charge in [-0.25, -0.2) is 23.5 Å². The Hall–Kier alpha value is -6.56. The molecule has 5 heterocycles. The molecule has 3 aromatic carbocycles. The molecule has 9 rings (SSSR count). The lowest BCUT2D eigenvalue weighted by Crippen LogP contribution is -2.54. The van der Waals surface area contributed by atoms with Gasteiger partial charge in [0.05, 0.1) is 17.1 Å². The minimum atomic E-state index is -1.79. The quantitative estimate of drug-likeness (QED) is 0.150. The van der Waals surface area contributed by atoms with Crippen LogP contribution in [0.15, 0.2) is 61.1 Å². The van der Waals surface area contributed by atoms with Crippen molar-refractivity contribution in [3.8, 4) is 16.9 Å². The van der Waals surface area contributed by atoms with E-state index in [-0.39, 0.29) is 43.3 Å². The molecule has 2 aromatic heterocycles. The molecule has 4 aliphatic rings. The third-order valence-corrected chi connectivity index (χ3v) is 13.3. The molecule has 4 fully saturated rings. The number of amides is 5. The van der Waals surface area contributed by atoms with Crippen molar-refractivity contribution in [2.75, 3.05) is 62.2 Å². The maximum absolute atomic E-state index is 14.2. The second-order valence-electron chi connectivity index (χ2n) is 17.2. The normalized spacial score (nSPS) is 20.2. The second-order valence-corrected chi connectivity index (χ2v) is 17.2. The van der Waals surface area contributed by atoms with Gasteiger partial charge in [-0.3, -0.25) is 34.2 Å². The summed E-state index contributed by atoms with van der Waals surface area (Å²) in [6.07, 6.45) is 11.1. The number of nitrogens with one attached hydrogen (secondary N) is 2. The van der Waals surface area contributed by atoms with E-state index >= 15 is 0 Å². The predicted octanol–water partition coefficient (Wildman–Crippen LogP) is 5.96. The van der Waals surface area contributed by atoms with E-state index in [9.17, 15) is 37.5 Å². The van der Waals surface area contributed by atoms with Crippen molar-refractivity contribution in [2.24, 2.45) is 5.92 Å². The number of piperazine rings is 1. The van der Waals surface area contributed by atoms with Gasteiger partial charge in [-0.1, -0.05) is 18.2 Å². The summed E-state index contributed by atoms with van der Waals surface area (Å²) in [7, 11) is 0. The van der Waals surface area contributed by atoms with Crippen LogP contribution in [-0.4, -0.2) is 117 Å². The number of imide groups is 1. The first-order chi connectivity index (χ1) is 30.9. The molecule has 0 bridgehead atoms. The molecule has 3 aliphatic heterocycles. The molecule has 64 heavy (non-hydrogen) atoms. The predicted molar refractivity (Wildman–Crippen MR) is 231 cm³/mol. The number of aromatic hydroxyl groups is 1. The number of halogens is 3. The summed E-state index contributed by atoms with van der Waals surface area (Å²) in [5.41, 5.74) is 3.94. The number of aromatic nitrogens is 4. The molecule has 0 radical (unpaired) electrons. The Bertz CT molecular complexity index is 2600. The number of phenolic OH excluding ortho intramolecular Hbond substituents is 1. The topological polar surface area (TPSA) is 169 Å². The zero-order valence-corrected chi connectivity index (χ0v) is 35.4. The standard InChI is InChI=1S/C46H49F3N10O5/c1-27-2-5-30(21-38(27)58-15-12-39(60)53-46(58)64)44(63)56-18-16-55(17-19-56)33-10-13-57(14-11-33)45-51-24-32(25-52-45)29-6-7-31-26-59(54-37(31)20-29)34-8-3-28(4-9-34)23-50-43(62)35-22-36(47)42(61)41(49)40(35)48/h2,5-7,20-22,24-26,28,33-34,61H,3-4,8-19,23H2,1H3,(H,50,62)(H,53,60,64). The van der Waals surface area contributed by atoms with Gasteiger partial charge in [-0.05, 0) is 86.8 Å². The fourth-order valence-electron chi connectivity index (χ4n) is 9.46. The van der Waals surface area contributed by atoms with Crippen molar-refractivity contribution in [3.05, 3.63) is 95.2 Å². The summed E-state index contributed by atoms with van der Waals surface area (Å²) >= 11 is 0. The molecule has 334 valence electrons. The number of piperidine rings is 1. The lowest BCUT2D eigenvalue weighted by Gasteiger charge is -2.42. The number of urea groups is 1. The average Bonchev–Trinajstić information content (AvgIpc) is 3.75. The number of aryl methyl sites for hydroxylation is 1. The Morgan fingerprint density at radius 3 is 2.28 bits per heavy atom. The van der Waals surface area contributed by atoms with Gasteiger partial charge in [-0.15, -0.1) is 0 Å². The van der Waals surface area contributed by atoms with E-state index in [0.29, 0.717) is 42.4 Å². The Kier molecular flexibility index (Phi) is 12.0. The number of rotatable bonds is 9. The first-order valence-electron chi connectivity index (χ1n) is 21.9. The Labute approximate surface area is 367 Å². The van der Waals surface area contributed by atoms with Crippen LogP contribution in [-0.2, 0) is 4.79 Å². The summed E-state index contributed by atoms with van der Waals surface area (Å²) < 4.78 is 43.6. The van der Waals surface area contributed by atoms with Crippen LogP contribution in [0, 0.1) is 30.3 Å². The van der Waals surface area contributed by atoms with Gasteiger partial charge in [0, 0.05) is 106 Å². The highest BCUT2D eigenvalue weighted by atomic mass is 19.2. The van der Waals surface area contributed by atoms with Gasteiger partial charge in [0.1, 0.15) is 0 Å².